The maximum absolute atomic E-state index is 12.1. The Kier molecular flexibility index (Phi) is 2.82. The van der Waals surface area contributed by atoms with Gasteiger partial charge in [-0.05, 0) is 49.9 Å². The number of fused-ring (bicyclic) bond motifs is 3. The van der Waals surface area contributed by atoms with E-state index in [0.717, 1.165) is 44.3 Å². The highest BCUT2D eigenvalue weighted by Gasteiger charge is 2.50. The molecule has 124 valence electrons. The number of benzene rings is 1. The van der Waals surface area contributed by atoms with Crippen LogP contribution in [0.4, 0.5) is 0 Å². The number of aliphatic carboxylic acids is 1. The molecule has 5 rings (SSSR count). The average molecular weight is 322 g/mol. The first-order chi connectivity index (χ1) is 11.7. The Morgan fingerprint density at radius 1 is 1.33 bits per heavy atom. The van der Waals surface area contributed by atoms with Crippen molar-refractivity contribution in [3.63, 3.8) is 0 Å². The van der Waals surface area contributed by atoms with E-state index in [0.29, 0.717) is 11.7 Å². The molecule has 1 unspecified atom stereocenters. The number of carboxylic acid groups (broad SMARTS) is 1. The third-order valence-corrected chi connectivity index (χ3v) is 6.47. The lowest BCUT2D eigenvalue weighted by molar-refractivity contribution is -0.131. The summed E-state index contributed by atoms with van der Waals surface area (Å²) in [7, 11) is 0. The first-order valence-corrected chi connectivity index (χ1v) is 8.99. The summed E-state index contributed by atoms with van der Waals surface area (Å²) in [5.74, 6) is -0.812. The van der Waals surface area contributed by atoms with Crippen LogP contribution in [0.3, 0.4) is 0 Å². The third-order valence-electron chi connectivity index (χ3n) is 6.47. The molecule has 1 saturated heterocycles. The van der Waals surface area contributed by atoms with Crippen LogP contribution >= 0.6 is 0 Å². The van der Waals surface area contributed by atoms with Gasteiger partial charge in [0.05, 0.1) is 11.6 Å². The number of carboxylic acids is 1. The van der Waals surface area contributed by atoms with Crippen LogP contribution in [-0.4, -0.2) is 33.6 Å². The molecule has 4 nitrogen and oxygen atoms in total. The molecule has 2 aromatic rings. The molecule has 1 aromatic carbocycles. The predicted octanol–water partition coefficient (Wildman–Crippen LogP) is 3.67. The molecule has 3 aliphatic rings. The average Bonchev–Trinajstić information content (AvgIpc) is 2.95. The number of hydrogen-bond donors (Lipinski definition) is 1. The van der Waals surface area contributed by atoms with Gasteiger partial charge in [0.2, 0.25) is 0 Å². The molecule has 4 heterocycles. The monoisotopic (exact) mass is 322 g/mol. The molecule has 0 saturated carbocycles. The molecular formula is C20H22N2O2. The van der Waals surface area contributed by atoms with Gasteiger partial charge in [-0.1, -0.05) is 25.1 Å². The first kappa shape index (κ1) is 14.3. The first-order valence-electron chi connectivity index (χ1n) is 8.99. The quantitative estimate of drug-likeness (QED) is 0.917. The Hall–Kier alpha value is -2.07. The highest BCUT2D eigenvalue weighted by Crippen LogP contribution is 2.56. The maximum atomic E-state index is 12.1. The third kappa shape index (κ3) is 1.59. The number of nitrogens with zero attached hydrogens (tertiary/aromatic N) is 2. The van der Waals surface area contributed by atoms with Crippen molar-refractivity contribution in [2.24, 2.45) is 5.41 Å². The molecule has 0 spiro atoms. The fraction of sp³-hybridized carbons (Fsp3) is 0.450. The Morgan fingerprint density at radius 2 is 2.17 bits per heavy atom. The lowest BCUT2D eigenvalue weighted by Crippen LogP contribution is -2.51. The van der Waals surface area contributed by atoms with Gasteiger partial charge in [0.1, 0.15) is 5.70 Å². The van der Waals surface area contributed by atoms with Crippen molar-refractivity contribution >= 4 is 22.6 Å². The van der Waals surface area contributed by atoms with Gasteiger partial charge < -0.3 is 9.67 Å². The Bertz CT molecular complexity index is 894. The van der Waals surface area contributed by atoms with Crippen LogP contribution in [0, 0.1) is 5.41 Å². The summed E-state index contributed by atoms with van der Waals surface area (Å²) in [6, 6.07) is 8.63. The van der Waals surface area contributed by atoms with Gasteiger partial charge in [-0.25, -0.2) is 4.79 Å². The SMILES string of the molecule is CCC12C=C(C(=O)O)n3c4c(c5ccccc53)CCN(CCC1)[C@H]42. The smallest absolute Gasteiger partial charge is 0.352 e. The summed E-state index contributed by atoms with van der Waals surface area (Å²) in [6.07, 6.45) is 6.34. The second-order valence-electron chi connectivity index (χ2n) is 7.43. The van der Waals surface area contributed by atoms with E-state index in [1.807, 2.05) is 10.6 Å². The van der Waals surface area contributed by atoms with Gasteiger partial charge in [-0.2, -0.15) is 0 Å². The van der Waals surface area contributed by atoms with E-state index < -0.39 is 5.97 Å². The molecule has 24 heavy (non-hydrogen) atoms. The molecule has 1 N–H and O–H groups in total. The topological polar surface area (TPSA) is 45.5 Å². The van der Waals surface area contributed by atoms with Gasteiger partial charge >= 0.3 is 5.97 Å². The molecule has 0 bridgehead atoms. The Labute approximate surface area is 141 Å². The number of piperidine rings is 1. The molecule has 0 radical (unpaired) electrons. The minimum atomic E-state index is -0.812. The van der Waals surface area contributed by atoms with Crippen molar-refractivity contribution < 1.29 is 9.90 Å². The fourth-order valence-corrected chi connectivity index (χ4v) is 5.44. The molecule has 0 aliphatic carbocycles. The van der Waals surface area contributed by atoms with Gasteiger partial charge in [0, 0.05) is 23.0 Å². The number of carbonyl (C=O) groups is 1. The number of rotatable bonds is 2. The van der Waals surface area contributed by atoms with Crippen molar-refractivity contribution in [2.45, 2.75) is 38.6 Å². The van der Waals surface area contributed by atoms with E-state index in [4.69, 9.17) is 0 Å². The van der Waals surface area contributed by atoms with Crippen molar-refractivity contribution in [1.29, 1.82) is 0 Å². The lowest BCUT2D eigenvalue weighted by Gasteiger charge is -2.53. The van der Waals surface area contributed by atoms with E-state index in [-0.39, 0.29) is 5.41 Å². The van der Waals surface area contributed by atoms with E-state index >= 15 is 0 Å². The van der Waals surface area contributed by atoms with Gasteiger partial charge in [0.15, 0.2) is 0 Å². The summed E-state index contributed by atoms with van der Waals surface area (Å²) in [5, 5.41) is 11.2. The van der Waals surface area contributed by atoms with Crippen LogP contribution in [0.25, 0.3) is 16.6 Å². The van der Waals surface area contributed by atoms with Crippen molar-refractivity contribution in [1.82, 2.24) is 9.47 Å². The largest absolute Gasteiger partial charge is 0.477 e. The molecule has 2 atom stereocenters. The second-order valence-corrected chi connectivity index (χ2v) is 7.43. The van der Waals surface area contributed by atoms with Crippen molar-refractivity contribution in [3.8, 4) is 0 Å². The molecule has 1 aromatic heterocycles. The van der Waals surface area contributed by atoms with Crippen LogP contribution in [0.1, 0.15) is 43.5 Å². The number of aromatic nitrogens is 1. The Balaban J connectivity index is 1.92. The van der Waals surface area contributed by atoms with Gasteiger partial charge in [-0.15, -0.1) is 0 Å². The van der Waals surface area contributed by atoms with Gasteiger partial charge in [-0.3, -0.25) is 4.90 Å². The molecule has 3 aliphatic heterocycles. The lowest BCUT2D eigenvalue weighted by atomic mass is 9.66. The van der Waals surface area contributed by atoms with E-state index in [9.17, 15) is 9.90 Å². The summed E-state index contributed by atoms with van der Waals surface area (Å²) < 4.78 is 2.04. The highest BCUT2D eigenvalue weighted by atomic mass is 16.4. The minimum absolute atomic E-state index is 0.0362. The summed E-state index contributed by atoms with van der Waals surface area (Å²) >= 11 is 0. The number of para-hydroxylation sites is 1. The molecule has 0 amide bonds. The number of hydrogen-bond acceptors (Lipinski definition) is 2. The van der Waals surface area contributed by atoms with Crippen molar-refractivity contribution in [2.75, 3.05) is 13.1 Å². The zero-order valence-corrected chi connectivity index (χ0v) is 14.0. The van der Waals surface area contributed by atoms with Crippen LogP contribution in [0.15, 0.2) is 30.3 Å². The summed E-state index contributed by atoms with van der Waals surface area (Å²) in [6.45, 7) is 4.43. The predicted molar refractivity (Wildman–Crippen MR) is 93.8 cm³/mol. The standard InChI is InChI=1S/C20H22N2O2/c1-2-20-9-5-10-21-11-8-14-13-6-3-4-7-15(13)22(17(14)18(20)21)16(12-20)19(23)24/h3-4,6-7,12,18H,2,5,8-11H2,1H3,(H,23,24)/t18-,20?/m1/s1. The summed E-state index contributed by atoms with van der Waals surface area (Å²) in [5.41, 5.74) is 4.09. The van der Waals surface area contributed by atoms with E-state index in [1.54, 1.807) is 0 Å². The molecule has 1 fully saturated rings. The summed E-state index contributed by atoms with van der Waals surface area (Å²) in [4.78, 5) is 14.7. The van der Waals surface area contributed by atoms with Gasteiger partial charge in [0.25, 0.3) is 0 Å². The van der Waals surface area contributed by atoms with Crippen molar-refractivity contribution in [3.05, 3.63) is 41.6 Å². The van der Waals surface area contributed by atoms with E-state index in [2.05, 4.69) is 36.1 Å². The minimum Gasteiger partial charge on any atom is -0.477 e. The second kappa shape index (κ2) is 4.73. The zero-order valence-electron chi connectivity index (χ0n) is 14.0. The van der Waals surface area contributed by atoms with Crippen LogP contribution < -0.4 is 0 Å². The fourth-order valence-electron chi connectivity index (χ4n) is 5.44. The molecular weight excluding hydrogens is 300 g/mol. The maximum Gasteiger partial charge on any atom is 0.352 e. The Morgan fingerprint density at radius 3 is 2.96 bits per heavy atom. The van der Waals surface area contributed by atoms with Crippen LogP contribution in [0.5, 0.6) is 0 Å². The molecule has 4 heteroatoms. The highest BCUT2D eigenvalue weighted by molar-refractivity contribution is 6.12. The zero-order chi connectivity index (χ0) is 16.5. The normalized spacial score (nSPS) is 28.5. The van der Waals surface area contributed by atoms with Crippen LogP contribution in [0.2, 0.25) is 0 Å². The van der Waals surface area contributed by atoms with Crippen LogP contribution in [-0.2, 0) is 11.2 Å². The van der Waals surface area contributed by atoms with E-state index in [1.165, 1.54) is 16.6 Å².